The van der Waals surface area contributed by atoms with Gasteiger partial charge in [0.2, 0.25) is 0 Å². The zero-order chi connectivity index (χ0) is 12.6. The van der Waals surface area contributed by atoms with Crippen molar-refractivity contribution in [3.63, 3.8) is 0 Å². The molecule has 0 atom stereocenters. The van der Waals surface area contributed by atoms with Crippen molar-refractivity contribution in [3.8, 4) is 0 Å². The average Bonchev–Trinajstić information content (AvgIpc) is 2.18. The van der Waals surface area contributed by atoms with Crippen molar-refractivity contribution >= 4 is 17.9 Å². The fraction of sp³-hybridized carbons (Fsp3) is 0.500. The second-order valence-electron chi connectivity index (χ2n) is 2.58. The highest BCUT2D eigenvalue weighted by Gasteiger charge is 2.21. The van der Waals surface area contributed by atoms with Gasteiger partial charge in [-0.3, -0.25) is 4.79 Å². The Morgan fingerprint density at radius 1 is 1.00 bits per heavy atom. The summed E-state index contributed by atoms with van der Waals surface area (Å²) in [7, 11) is 0. The molecule has 0 spiro atoms. The molecule has 0 N–H and O–H groups in total. The topological polar surface area (TPSA) is 78.9 Å². The molecule has 0 saturated carbocycles. The highest BCUT2D eigenvalue weighted by molar-refractivity contribution is 6.13. The average molecular weight is 230 g/mol. The maximum atomic E-state index is 11.3. The van der Waals surface area contributed by atoms with Crippen LogP contribution in [0.2, 0.25) is 0 Å². The van der Waals surface area contributed by atoms with Crippen molar-refractivity contribution in [3.05, 3.63) is 11.8 Å². The van der Waals surface area contributed by atoms with Crippen LogP contribution in [0.5, 0.6) is 0 Å². The summed E-state index contributed by atoms with van der Waals surface area (Å²) in [5.74, 6) is -2.42. The lowest BCUT2D eigenvalue weighted by atomic mass is 10.3. The Balaban J connectivity index is 4.74. The molecule has 0 unspecified atom stereocenters. The lowest BCUT2D eigenvalue weighted by molar-refractivity contribution is -0.147. The summed E-state index contributed by atoms with van der Waals surface area (Å²) >= 11 is 0. The highest BCUT2D eigenvalue weighted by Crippen LogP contribution is 2.03. The molecule has 6 nitrogen and oxygen atoms in total. The van der Waals surface area contributed by atoms with Crippen molar-refractivity contribution in [2.45, 2.75) is 20.8 Å². The lowest BCUT2D eigenvalue weighted by Crippen LogP contribution is -2.19. The smallest absolute Gasteiger partial charge is 0.348 e. The van der Waals surface area contributed by atoms with Gasteiger partial charge in [0.15, 0.2) is 5.57 Å². The summed E-state index contributed by atoms with van der Waals surface area (Å²) in [6.07, 6.45) is 0.734. The molecule has 0 aromatic carbocycles. The van der Waals surface area contributed by atoms with Crippen molar-refractivity contribution in [2.24, 2.45) is 0 Å². The molecule has 0 saturated heterocycles. The third-order valence-corrected chi connectivity index (χ3v) is 1.33. The largest absolute Gasteiger partial charge is 0.462 e. The lowest BCUT2D eigenvalue weighted by Gasteiger charge is -2.05. The molecule has 0 radical (unpaired) electrons. The first-order chi connectivity index (χ1) is 7.52. The molecule has 6 heteroatoms. The van der Waals surface area contributed by atoms with Crippen LogP contribution in [-0.4, -0.2) is 31.1 Å². The van der Waals surface area contributed by atoms with Gasteiger partial charge in [0.25, 0.3) is 0 Å². The standard InChI is InChI=1S/C10H14O6/c1-4-14-9(12)8(6-16-7(3)11)10(13)15-5-2/h6H,4-5H2,1-3H3. The molecule has 90 valence electrons. The van der Waals surface area contributed by atoms with E-state index in [4.69, 9.17) is 0 Å². The zero-order valence-electron chi connectivity index (χ0n) is 9.44. The number of esters is 3. The van der Waals surface area contributed by atoms with Gasteiger partial charge < -0.3 is 14.2 Å². The molecule has 0 aliphatic carbocycles. The molecular weight excluding hydrogens is 216 g/mol. The molecule has 0 heterocycles. The number of rotatable bonds is 5. The molecule has 0 rings (SSSR count). The Labute approximate surface area is 93.2 Å². The predicted molar refractivity (Wildman–Crippen MR) is 53.1 cm³/mol. The molecule has 0 aromatic rings. The van der Waals surface area contributed by atoms with E-state index in [2.05, 4.69) is 14.2 Å². The van der Waals surface area contributed by atoms with E-state index in [1.54, 1.807) is 13.8 Å². The van der Waals surface area contributed by atoms with E-state index in [0.717, 1.165) is 13.2 Å². The minimum absolute atomic E-state index is 0.107. The maximum Gasteiger partial charge on any atom is 0.348 e. The molecule has 0 amide bonds. The van der Waals surface area contributed by atoms with Gasteiger partial charge >= 0.3 is 17.9 Å². The number of hydrogen-bond acceptors (Lipinski definition) is 6. The number of carbonyl (C=O) groups excluding carboxylic acids is 3. The third-order valence-electron chi connectivity index (χ3n) is 1.33. The molecule has 0 bridgehead atoms. The third kappa shape index (κ3) is 5.14. The van der Waals surface area contributed by atoms with Crippen molar-refractivity contribution < 1.29 is 28.6 Å². The van der Waals surface area contributed by atoms with Crippen LogP contribution in [0.4, 0.5) is 0 Å². The SMILES string of the molecule is CCOC(=O)C(=COC(C)=O)C(=O)OCC. The maximum absolute atomic E-state index is 11.3. The van der Waals surface area contributed by atoms with E-state index < -0.39 is 23.5 Å². The summed E-state index contributed by atoms with van der Waals surface area (Å²) < 4.78 is 13.6. The van der Waals surface area contributed by atoms with E-state index in [1.165, 1.54) is 0 Å². The molecule has 0 aromatic heterocycles. The Hall–Kier alpha value is -1.85. The first-order valence-electron chi connectivity index (χ1n) is 4.74. The summed E-state index contributed by atoms with van der Waals surface area (Å²) in [6.45, 7) is 4.54. The summed E-state index contributed by atoms with van der Waals surface area (Å²) in [5, 5.41) is 0. The van der Waals surface area contributed by atoms with E-state index in [0.29, 0.717) is 0 Å². The molecule has 0 aliphatic heterocycles. The van der Waals surface area contributed by atoms with E-state index in [9.17, 15) is 14.4 Å². The van der Waals surface area contributed by atoms with Gasteiger partial charge in [0.05, 0.1) is 13.2 Å². The summed E-state index contributed by atoms with van der Waals surface area (Å²) in [5.41, 5.74) is -0.445. The second kappa shape index (κ2) is 7.44. The van der Waals surface area contributed by atoms with Crippen LogP contribution in [0.15, 0.2) is 11.8 Å². The van der Waals surface area contributed by atoms with Gasteiger partial charge in [-0.15, -0.1) is 0 Å². The van der Waals surface area contributed by atoms with Crippen LogP contribution >= 0.6 is 0 Å². The van der Waals surface area contributed by atoms with Crippen LogP contribution < -0.4 is 0 Å². The second-order valence-corrected chi connectivity index (χ2v) is 2.58. The van der Waals surface area contributed by atoms with E-state index in [-0.39, 0.29) is 13.2 Å². The fourth-order valence-corrected chi connectivity index (χ4v) is 0.739. The van der Waals surface area contributed by atoms with Gasteiger partial charge in [-0.05, 0) is 13.8 Å². The Morgan fingerprint density at radius 2 is 1.44 bits per heavy atom. The van der Waals surface area contributed by atoms with Gasteiger partial charge in [0.1, 0.15) is 6.26 Å². The van der Waals surface area contributed by atoms with Crippen molar-refractivity contribution in [1.29, 1.82) is 0 Å². The van der Waals surface area contributed by atoms with Crippen LogP contribution in [-0.2, 0) is 28.6 Å². The predicted octanol–water partition coefficient (Wildman–Crippen LogP) is 0.560. The Morgan fingerprint density at radius 3 is 1.75 bits per heavy atom. The fourth-order valence-electron chi connectivity index (χ4n) is 0.739. The van der Waals surface area contributed by atoms with Crippen LogP contribution in [0.3, 0.4) is 0 Å². The van der Waals surface area contributed by atoms with E-state index >= 15 is 0 Å². The Kier molecular flexibility index (Phi) is 6.58. The summed E-state index contributed by atoms with van der Waals surface area (Å²) in [6, 6.07) is 0. The van der Waals surface area contributed by atoms with Crippen molar-refractivity contribution in [1.82, 2.24) is 0 Å². The first kappa shape index (κ1) is 14.2. The van der Waals surface area contributed by atoms with Crippen LogP contribution in [0.1, 0.15) is 20.8 Å². The minimum Gasteiger partial charge on any atom is -0.462 e. The Bertz CT molecular complexity index is 284. The number of hydrogen-bond donors (Lipinski definition) is 0. The molecule has 0 fully saturated rings. The van der Waals surface area contributed by atoms with Gasteiger partial charge in [-0.2, -0.15) is 0 Å². The monoisotopic (exact) mass is 230 g/mol. The minimum atomic E-state index is -0.887. The van der Waals surface area contributed by atoms with Gasteiger partial charge in [0, 0.05) is 6.92 Å². The molecule has 0 aliphatic rings. The normalized spacial score (nSPS) is 8.94. The first-order valence-corrected chi connectivity index (χ1v) is 4.74. The molecule has 16 heavy (non-hydrogen) atoms. The number of carbonyl (C=O) groups is 3. The van der Waals surface area contributed by atoms with Gasteiger partial charge in [-0.25, -0.2) is 9.59 Å². The zero-order valence-corrected chi connectivity index (χ0v) is 9.44. The van der Waals surface area contributed by atoms with Gasteiger partial charge in [-0.1, -0.05) is 0 Å². The summed E-state index contributed by atoms with van der Waals surface area (Å²) in [4.78, 5) is 33.1. The molecular formula is C10H14O6. The number of ether oxygens (including phenoxy) is 3. The van der Waals surface area contributed by atoms with Crippen LogP contribution in [0, 0.1) is 0 Å². The van der Waals surface area contributed by atoms with Crippen LogP contribution in [0.25, 0.3) is 0 Å². The highest BCUT2D eigenvalue weighted by atomic mass is 16.6. The van der Waals surface area contributed by atoms with Crippen molar-refractivity contribution in [2.75, 3.05) is 13.2 Å². The quantitative estimate of drug-likeness (QED) is 0.171. The van der Waals surface area contributed by atoms with E-state index in [1.807, 2.05) is 0 Å².